The molecule has 1 aromatic carbocycles. The van der Waals surface area contributed by atoms with E-state index in [0.29, 0.717) is 23.0 Å². The number of ether oxygens (including phenoxy) is 2. The molecule has 0 aliphatic carbocycles. The Kier molecular flexibility index (Phi) is 5.22. The Hall–Kier alpha value is -1.57. The lowest BCUT2D eigenvalue weighted by Gasteiger charge is -2.10. The normalized spacial score (nSPS) is 10.9. The Morgan fingerprint density at radius 1 is 1.24 bits per heavy atom. The van der Waals surface area contributed by atoms with Crippen molar-refractivity contribution in [1.82, 2.24) is 19.8 Å². The standard InChI is InChI=1S/C12H14Cl2N4O3/c1-3-4-17-12(19)18(16-15-17)10-6-11(21-7-20-2)9(14)5-8(10)13/h5-6H,3-4,7H2,1-2H3. The van der Waals surface area contributed by atoms with E-state index in [1.807, 2.05) is 6.92 Å². The van der Waals surface area contributed by atoms with E-state index in [-0.39, 0.29) is 17.5 Å². The predicted octanol–water partition coefficient (Wildman–Crippen LogP) is 2.13. The highest BCUT2D eigenvalue weighted by Crippen LogP contribution is 2.32. The fraction of sp³-hybridized carbons (Fsp3) is 0.417. The van der Waals surface area contributed by atoms with E-state index in [0.717, 1.165) is 11.1 Å². The van der Waals surface area contributed by atoms with Crippen molar-refractivity contribution in [3.8, 4) is 11.4 Å². The molecule has 9 heteroatoms. The molecule has 1 aromatic heterocycles. The first-order chi connectivity index (χ1) is 10.1. The summed E-state index contributed by atoms with van der Waals surface area (Å²) in [6.45, 7) is 2.45. The minimum Gasteiger partial charge on any atom is -0.466 e. The van der Waals surface area contributed by atoms with Crippen LogP contribution in [0.4, 0.5) is 0 Å². The van der Waals surface area contributed by atoms with Crippen molar-refractivity contribution in [3.05, 3.63) is 32.7 Å². The number of hydrogen-bond acceptors (Lipinski definition) is 5. The van der Waals surface area contributed by atoms with Gasteiger partial charge in [-0.1, -0.05) is 30.1 Å². The third-order valence-corrected chi connectivity index (χ3v) is 3.23. The molecule has 0 N–H and O–H groups in total. The number of halogens is 2. The van der Waals surface area contributed by atoms with Crippen LogP contribution in [0.15, 0.2) is 16.9 Å². The van der Waals surface area contributed by atoms with Crippen molar-refractivity contribution >= 4 is 23.2 Å². The number of hydrogen-bond donors (Lipinski definition) is 0. The van der Waals surface area contributed by atoms with Gasteiger partial charge in [0, 0.05) is 19.7 Å². The predicted molar refractivity (Wildman–Crippen MR) is 78.4 cm³/mol. The summed E-state index contributed by atoms with van der Waals surface area (Å²) in [7, 11) is 1.49. The summed E-state index contributed by atoms with van der Waals surface area (Å²) >= 11 is 12.1. The highest BCUT2D eigenvalue weighted by molar-refractivity contribution is 6.36. The van der Waals surface area contributed by atoms with Gasteiger partial charge in [-0.05, 0) is 22.9 Å². The average molecular weight is 333 g/mol. The molecule has 0 spiro atoms. The molecular formula is C12H14Cl2N4O3. The summed E-state index contributed by atoms with van der Waals surface area (Å²) in [5.74, 6) is 0.342. The molecular weight excluding hydrogens is 319 g/mol. The van der Waals surface area contributed by atoms with E-state index in [1.165, 1.54) is 23.9 Å². The number of aryl methyl sites for hydroxylation is 1. The lowest BCUT2D eigenvalue weighted by atomic mass is 10.3. The van der Waals surface area contributed by atoms with Crippen LogP contribution in [0.25, 0.3) is 5.69 Å². The first kappa shape index (κ1) is 15.8. The van der Waals surface area contributed by atoms with Crippen LogP contribution in [0.1, 0.15) is 13.3 Å². The van der Waals surface area contributed by atoms with Gasteiger partial charge in [-0.25, -0.2) is 4.79 Å². The van der Waals surface area contributed by atoms with Gasteiger partial charge in [0.15, 0.2) is 6.79 Å². The lowest BCUT2D eigenvalue weighted by Crippen LogP contribution is -2.24. The van der Waals surface area contributed by atoms with Gasteiger partial charge in [-0.2, -0.15) is 9.36 Å². The van der Waals surface area contributed by atoms with E-state index >= 15 is 0 Å². The summed E-state index contributed by atoms with van der Waals surface area (Å²) in [4.78, 5) is 12.2. The summed E-state index contributed by atoms with van der Waals surface area (Å²) in [6, 6.07) is 3.00. The second-order valence-electron chi connectivity index (χ2n) is 4.18. The molecule has 0 amide bonds. The zero-order valence-corrected chi connectivity index (χ0v) is 13.1. The third-order valence-electron chi connectivity index (χ3n) is 2.64. The molecule has 0 atom stereocenters. The van der Waals surface area contributed by atoms with Crippen molar-refractivity contribution < 1.29 is 9.47 Å². The lowest BCUT2D eigenvalue weighted by molar-refractivity contribution is 0.0512. The maximum absolute atomic E-state index is 12.2. The zero-order chi connectivity index (χ0) is 15.4. The van der Waals surface area contributed by atoms with Crippen molar-refractivity contribution in [2.75, 3.05) is 13.9 Å². The molecule has 7 nitrogen and oxygen atoms in total. The second kappa shape index (κ2) is 6.93. The van der Waals surface area contributed by atoms with Gasteiger partial charge in [-0.3, -0.25) is 0 Å². The number of tetrazole rings is 1. The molecule has 2 aromatic rings. The molecule has 0 unspecified atom stereocenters. The topological polar surface area (TPSA) is 71.2 Å². The summed E-state index contributed by atoms with van der Waals surface area (Å²) in [6.07, 6.45) is 0.773. The van der Waals surface area contributed by atoms with Gasteiger partial charge in [0.25, 0.3) is 0 Å². The van der Waals surface area contributed by atoms with E-state index in [9.17, 15) is 4.79 Å². The van der Waals surface area contributed by atoms with Crippen molar-refractivity contribution in [2.45, 2.75) is 19.9 Å². The van der Waals surface area contributed by atoms with Crippen LogP contribution in [0, 0.1) is 0 Å². The quantitative estimate of drug-likeness (QED) is 0.758. The van der Waals surface area contributed by atoms with E-state index in [2.05, 4.69) is 10.4 Å². The number of benzene rings is 1. The molecule has 0 bridgehead atoms. The van der Waals surface area contributed by atoms with Crippen LogP contribution in [0.3, 0.4) is 0 Å². The number of nitrogens with zero attached hydrogens (tertiary/aromatic N) is 4. The van der Waals surface area contributed by atoms with Crippen LogP contribution >= 0.6 is 23.2 Å². The first-order valence-electron chi connectivity index (χ1n) is 6.22. The van der Waals surface area contributed by atoms with Crippen LogP contribution < -0.4 is 10.4 Å². The third kappa shape index (κ3) is 3.37. The maximum atomic E-state index is 12.2. The first-order valence-corrected chi connectivity index (χ1v) is 6.98. The van der Waals surface area contributed by atoms with Crippen LogP contribution in [0.5, 0.6) is 5.75 Å². The van der Waals surface area contributed by atoms with Gasteiger partial charge >= 0.3 is 5.69 Å². The van der Waals surface area contributed by atoms with E-state index in [4.69, 9.17) is 32.7 Å². The number of rotatable bonds is 6. The molecule has 2 rings (SSSR count). The molecule has 0 aliphatic rings. The van der Waals surface area contributed by atoms with Crippen molar-refractivity contribution in [3.63, 3.8) is 0 Å². The summed E-state index contributed by atoms with van der Waals surface area (Å²) in [5, 5.41) is 8.20. The Balaban J connectivity index is 2.46. The highest BCUT2D eigenvalue weighted by atomic mass is 35.5. The Labute approximate surface area is 131 Å². The van der Waals surface area contributed by atoms with Crippen molar-refractivity contribution in [2.24, 2.45) is 0 Å². The van der Waals surface area contributed by atoms with Crippen LogP contribution in [0.2, 0.25) is 10.0 Å². The van der Waals surface area contributed by atoms with E-state index in [1.54, 1.807) is 0 Å². The molecule has 0 radical (unpaired) electrons. The second-order valence-corrected chi connectivity index (χ2v) is 5.00. The number of aromatic nitrogens is 4. The monoisotopic (exact) mass is 332 g/mol. The SMILES string of the molecule is CCCn1nnn(-c2cc(OCOC)c(Cl)cc2Cl)c1=O. The Morgan fingerprint density at radius 2 is 2.00 bits per heavy atom. The fourth-order valence-corrected chi connectivity index (χ4v) is 2.21. The van der Waals surface area contributed by atoms with Gasteiger partial charge in [0.05, 0.1) is 15.7 Å². The number of methoxy groups -OCH3 is 1. The Morgan fingerprint density at radius 3 is 2.67 bits per heavy atom. The molecule has 114 valence electrons. The summed E-state index contributed by atoms with van der Waals surface area (Å²) in [5.41, 5.74) is -0.0294. The molecule has 21 heavy (non-hydrogen) atoms. The smallest absolute Gasteiger partial charge is 0.368 e. The van der Waals surface area contributed by atoms with Crippen molar-refractivity contribution in [1.29, 1.82) is 0 Å². The van der Waals surface area contributed by atoms with E-state index < -0.39 is 0 Å². The molecule has 0 saturated carbocycles. The van der Waals surface area contributed by atoms with Gasteiger partial charge in [-0.15, -0.1) is 0 Å². The zero-order valence-electron chi connectivity index (χ0n) is 11.5. The molecule has 0 saturated heterocycles. The van der Waals surface area contributed by atoms with Gasteiger partial charge in [0.2, 0.25) is 0 Å². The molecule has 0 aliphatic heterocycles. The van der Waals surface area contributed by atoms with Crippen LogP contribution in [-0.2, 0) is 11.3 Å². The highest BCUT2D eigenvalue weighted by Gasteiger charge is 2.15. The minimum absolute atomic E-state index is 0.0260. The minimum atomic E-state index is -0.376. The van der Waals surface area contributed by atoms with Crippen LogP contribution in [-0.4, -0.2) is 33.7 Å². The van der Waals surface area contributed by atoms with Gasteiger partial charge in [0.1, 0.15) is 5.75 Å². The fourth-order valence-electron chi connectivity index (χ4n) is 1.69. The Bertz CT molecular complexity index is 684. The molecule has 0 fully saturated rings. The van der Waals surface area contributed by atoms with Gasteiger partial charge < -0.3 is 9.47 Å². The molecule has 1 heterocycles. The average Bonchev–Trinajstić information content (AvgIpc) is 2.80. The largest absolute Gasteiger partial charge is 0.466 e. The maximum Gasteiger partial charge on any atom is 0.368 e. The summed E-state index contributed by atoms with van der Waals surface area (Å²) < 4.78 is 12.5.